The molecule has 0 bridgehead atoms. The van der Waals surface area contributed by atoms with Gasteiger partial charge in [0.05, 0.1) is 28.5 Å². The van der Waals surface area contributed by atoms with E-state index in [1.165, 1.54) is 16.9 Å². The molecule has 0 atom stereocenters. The van der Waals surface area contributed by atoms with Crippen LogP contribution in [0.3, 0.4) is 0 Å². The fourth-order valence-electron chi connectivity index (χ4n) is 2.68. The van der Waals surface area contributed by atoms with Gasteiger partial charge in [0.2, 0.25) is 5.91 Å². The van der Waals surface area contributed by atoms with E-state index in [-0.39, 0.29) is 24.6 Å². The van der Waals surface area contributed by atoms with Crippen LogP contribution in [0.15, 0.2) is 36.7 Å². The number of benzene rings is 1. The first-order valence-electron chi connectivity index (χ1n) is 8.09. The predicted octanol–water partition coefficient (Wildman–Crippen LogP) is 2.43. The molecule has 140 valence electrons. The Morgan fingerprint density at radius 2 is 2.07 bits per heavy atom. The standard InChI is InChI=1S/C17H17FN6O3/c1-11-17(20-16(25)10-22-9-14(7-19-22)24(26)27)12(2)23(21-11)8-13-5-3-4-6-15(13)18/h3-7,9H,8,10H2,1-2H3,(H,20,25). The van der Waals surface area contributed by atoms with Crippen molar-refractivity contribution in [1.29, 1.82) is 0 Å². The highest BCUT2D eigenvalue weighted by molar-refractivity contribution is 5.91. The van der Waals surface area contributed by atoms with Crippen molar-refractivity contribution in [2.45, 2.75) is 26.9 Å². The summed E-state index contributed by atoms with van der Waals surface area (Å²) in [5.74, 6) is -0.722. The van der Waals surface area contributed by atoms with Crippen molar-refractivity contribution in [2.75, 3.05) is 5.32 Å². The Kier molecular flexibility index (Phi) is 4.97. The molecule has 2 aromatic heterocycles. The van der Waals surface area contributed by atoms with Crippen molar-refractivity contribution in [3.8, 4) is 0 Å². The van der Waals surface area contributed by atoms with Gasteiger partial charge in [-0.15, -0.1) is 0 Å². The Balaban J connectivity index is 1.73. The lowest BCUT2D eigenvalue weighted by Gasteiger charge is -2.08. The minimum Gasteiger partial charge on any atom is -0.321 e. The first-order chi connectivity index (χ1) is 12.8. The Labute approximate surface area is 153 Å². The van der Waals surface area contributed by atoms with Crippen LogP contribution in [0, 0.1) is 29.8 Å². The molecule has 0 unspecified atom stereocenters. The van der Waals surface area contributed by atoms with Crippen LogP contribution in [-0.2, 0) is 17.9 Å². The highest BCUT2D eigenvalue weighted by Gasteiger charge is 2.17. The number of carbonyl (C=O) groups is 1. The Morgan fingerprint density at radius 3 is 2.74 bits per heavy atom. The number of anilines is 1. The first-order valence-corrected chi connectivity index (χ1v) is 8.09. The molecule has 0 saturated heterocycles. The number of carbonyl (C=O) groups excluding carboxylic acids is 1. The van der Waals surface area contributed by atoms with Crippen molar-refractivity contribution >= 4 is 17.3 Å². The average Bonchev–Trinajstić information content (AvgIpc) is 3.17. The summed E-state index contributed by atoms with van der Waals surface area (Å²) in [6.45, 7) is 3.57. The highest BCUT2D eigenvalue weighted by Crippen LogP contribution is 2.21. The summed E-state index contributed by atoms with van der Waals surface area (Å²) in [4.78, 5) is 22.3. The lowest BCUT2D eigenvalue weighted by molar-refractivity contribution is -0.385. The molecular weight excluding hydrogens is 355 g/mol. The van der Waals surface area contributed by atoms with E-state index < -0.39 is 10.8 Å². The first kappa shape index (κ1) is 18.2. The summed E-state index contributed by atoms with van der Waals surface area (Å²) in [6, 6.07) is 6.42. The number of nitrogens with zero attached hydrogens (tertiary/aromatic N) is 5. The smallest absolute Gasteiger partial charge is 0.307 e. The van der Waals surface area contributed by atoms with Crippen LogP contribution in [0.25, 0.3) is 0 Å². The molecule has 0 aliphatic carbocycles. The number of hydrogen-bond donors (Lipinski definition) is 1. The number of aryl methyl sites for hydroxylation is 1. The zero-order valence-electron chi connectivity index (χ0n) is 14.7. The molecule has 0 aliphatic rings. The van der Waals surface area contributed by atoms with E-state index in [0.29, 0.717) is 22.6 Å². The van der Waals surface area contributed by atoms with Crippen LogP contribution in [0.4, 0.5) is 15.8 Å². The van der Waals surface area contributed by atoms with Crippen molar-refractivity contribution in [3.05, 3.63) is 69.5 Å². The monoisotopic (exact) mass is 372 g/mol. The second-order valence-electron chi connectivity index (χ2n) is 6.00. The number of aromatic nitrogens is 4. The van der Waals surface area contributed by atoms with E-state index >= 15 is 0 Å². The van der Waals surface area contributed by atoms with Crippen LogP contribution in [0.2, 0.25) is 0 Å². The SMILES string of the molecule is Cc1nn(Cc2ccccc2F)c(C)c1NC(=O)Cn1cc([N+](=O)[O-])cn1. The maximum atomic E-state index is 13.9. The zero-order chi connectivity index (χ0) is 19.6. The second-order valence-corrected chi connectivity index (χ2v) is 6.00. The number of nitro groups is 1. The van der Waals surface area contributed by atoms with Crippen LogP contribution in [0.5, 0.6) is 0 Å². The molecule has 2 heterocycles. The largest absolute Gasteiger partial charge is 0.321 e. The molecule has 10 heteroatoms. The van der Waals surface area contributed by atoms with E-state index in [9.17, 15) is 19.3 Å². The van der Waals surface area contributed by atoms with E-state index in [0.717, 1.165) is 6.20 Å². The minimum atomic E-state index is -0.581. The van der Waals surface area contributed by atoms with Gasteiger partial charge in [0, 0.05) is 5.56 Å². The summed E-state index contributed by atoms with van der Waals surface area (Å²) in [5, 5.41) is 21.6. The van der Waals surface area contributed by atoms with Crippen molar-refractivity contribution < 1.29 is 14.1 Å². The van der Waals surface area contributed by atoms with Gasteiger partial charge in [-0.05, 0) is 19.9 Å². The molecule has 27 heavy (non-hydrogen) atoms. The number of amides is 1. The fraction of sp³-hybridized carbons (Fsp3) is 0.235. The molecule has 1 aromatic carbocycles. The third kappa shape index (κ3) is 4.00. The molecule has 3 aromatic rings. The van der Waals surface area contributed by atoms with E-state index in [1.54, 1.807) is 36.7 Å². The van der Waals surface area contributed by atoms with Gasteiger partial charge in [0.15, 0.2) is 0 Å². The van der Waals surface area contributed by atoms with Gasteiger partial charge < -0.3 is 5.32 Å². The summed E-state index contributed by atoms with van der Waals surface area (Å²) in [7, 11) is 0. The van der Waals surface area contributed by atoms with Crippen LogP contribution < -0.4 is 5.32 Å². The van der Waals surface area contributed by atoms with Crippen molar-refractivity contribution in [1.82, 2.24) is 19.6 Å². The van der Waals surface area contributed by atoms with Gasteiger partial charge in [-0.2, -0.15) is 10.2 Å². The van der Waals surface area contributed by atoms with Crippen LogP contribution in [-0.4, -0.2) is 30.4 Å². The van der Waals surface area contributed by atoms with Crippen molar-refractivity contribution in [3.63, 3.8) is 0 Å². The average molecular weight is 372 g/mol. The Morgan fingerprint density at radius 1 is 1.33 bits per heavy atom. The summed E-state index contributed by atoms with van der Waals surface area (Å²) in [5.41, 5.74) is 2.09. The quantitative estimate of drug-likeness (QED) is 0.528. The second kappa shape index (κ2) is 7.36. The summed E-state index contributed by atoms with van der Waals surface area (Å²) in [6.07, 6.45) is 2.26. The molecule has 9 nitrogen and oxygen atoms in total. The summed E-state index contributed by atoms with van der Waals surface area (Å²) >= 11 is 0. The molecule has 0 fully saturated rings. The minimum absolute atomic E-state index is 0.175. The highest BCUT2D eigenvalue weighted by atomic mass is 19.1. The third-order valence-electron chi connectivity index (χ3n) is 4.06. The zero-order valence-corrected chi connectivity index (χ0v) is 14.7. The molecule has 3 rings (SSSR count). The lowest BCUT2D eigenvalue weighted by atomic mass is 10.2. The normalized spacial score (nSPS) is 10.8. The summed E-state index contributed by atoms with van der Waals surface area (Å²) < 4.78 is 16.7. The van der Waals surface area contributed by atoms with Gasteiger partial charge in [-0.25, -0.2) is 4.39 Å². The molecule has 0 radical (unpaired) electrons. The van der Waals surface area contributed by atoms with Crippen LogP contribution in [0.1, 0.15) is 17.0 Å². The van der Waals surface area contributed by atoms with E-state index in [4.69, 9.17) is 0 Å². The number of hydrogen-bond acceptors (Lipinski definition) is 5. The predicted molar refractivity (Wildman–Crippen MR) is 94.7 cm³/mol. The molecule has 0 aliphatic heterocycles. The topological polar surface area (TPSA) is 108 Å². The lowest BCUT2D eigenvalue weighted by Crippen LogP contribution is -2.19. The van der Waals surface area contributed by atoms with Crippen LogP contribution >= 0.6 is 0 Å². The Bertz CT molecular complexity index is 1010. The number of halogens is 1. The third-order valence-corrected chi connectivity index (χ3v) is 4.06. The molecular formula is C17H17FN6O3. The van der Waals surface area contributed by atoms with Gasteiger partial charge in [-0.1, -0.05) is 18.2 Å². The van der Waals surface area contributed by atoms with E-state index in [2.05, 4.69) is 15.5 Å². The fourth-order valence-corrected chi connectivity index (χ4v) is 2.68. The molecule has 1 amide bonds. The maximum absolute atomic E-state index is 13.9. The Hall–Kier alpha value is -3.56. The van der Waals surface area contributed by atoms with Gasteiger partial charge in [0.1, 0.15) is 24.8 Å². The van der Waals surface area contributed by atoms with Gasteiger partial charge in [0.25, 0.3) is 0 Å². The molecule has 1 N–H and O–H groups in total. The van der Waals surface area contributed by atoms with Crippen molar-refractivity contribution in [2.24, 2.45) is 0 Å². The van der Waals surface area contributed by atoms with Gasteiger partial charge >= 0.3 is 5.69 Å². The van der Waals surface area contributed by atoms with Gasteiger partial charge in [-0.3, -0.25) is 24.3 Å². The van der Waals surface area contributed by atoms with E-state index in [1.807, 2.05) is 0 Å². The number of nitrogens with one attached hydrogen (secondary N) is 1. The molecule has 0 spiro atoms. The number of rotatable bonds is 6. The maximum Gasteiger partial charge on any atom is 0.307 e. The molecule has 0 saturated carbocycles.